The van der Waals surface area contributed by atoms with Crippen molar-refractivity contribution in [3.8, 4) is 0 Å². The molecular weight excluding hydrogens is 302 g/mol. The summed E-state index contributed by atoms with van der Waals surface area (Å²) < 4.78 is 0. The zero-order valence-corrected chi connectivity index (χ0v) is 13.1. The SMILES string of the molecule is O=C1NCCCCC1NC(=O)N1CCC1c1ccc(Cl)cc1. The maximum atomic E-state index is 12.4. The van der Waals surface area contributed by atoms with Gasteiger partial charge in [0.25, 0.3) is 0 Å². The third kappa shape index (κ3) is 3.19. The number of carbonyl (C=O) groups excluding carboxylic acids is 2. The molecule has 3 amide bonds. The molecule has 22 heavy (non-hydrogen) atoms. The first-order valence-electron chi connectivity index (χ1n) is 7.75. The number of amides is 3. The fourth-order valence-electron chi connectivity index (χ4n) is 2.97. The maximum absolute atomic E-state index is 12.4. The lowest BCUT2D eigenvalue weighted by molar-refractivity contribution is -0.122. The molecule has 1 aromatic rings. The van der Waals surface area contributed by atoms with Crippen LogP contribution in [0.4, 0.5) is 4.79 Å². The van der Waals surface area contributed by atoms with Crippen molar-refractivity contribution < 1.29 is 9.59 Å². The van der Waals surface area contributed by atoms with E-state index in [1.165, 1.54) is 0 Å². The summed E-state index contributed by atoms with van der Waals surface area (Å²) in [5.41, 5.74) is 1.08. The second kappa shape index (κ2) is 6.57. The molecule has 0 spiro atoms. The van der Waals surface area contributed by atoms with E-state index in [4.69, 9.17) is 11.6 Å². The molecule has 0 radical (unpaired) electrons. The zero-order chi connectivity index (χ0) is 15.5. The lowest BCUT2D eigenvalue weighted by Gasteiger charge is -2.41. The second-order valence-corrected chi connectivity index (χ2v) is 6.27. The van der Waals surface area contributed by atoms with E-state index in [9.17, 15) is 9.59 Å². The molecule has 2 N–H and O–H groups in total. The average molecular weight is 322 g/mol. The van der Waals surface area contributed by atoms with Gasteiger partial charge in [0.15, 0.2) is 0 Å². The number of carbonyl (C=O) groups is 2. The first-order chi connectivity index (χ1) is 10.6. The van der Waals surface area contributed by atoms with Crippen molar-refractivity contribution in [3.63, 3.8) is 0 Å². The predicted octanol–water partition coefficient (Wildman–Crippen LogP) is 2.47. The number of rotatable bonds is 2. The van der Waals surface area contributed by atoms with E-state index >= 15 is 0 Å². The summed E-state index contributed by atoms with van der Waals surface area (Å²) in [5.74, 6) is -0.0746. The molecule has 2 saturated heterocycles. The number of benzene rings is 1. The van der Waals surface area contributed by atoms with Gasteiger partial charge >= 0.3 is 6.03 Å². The van der Waals surface area contributed by atoms with Gasteiger partial charge in [0.2, 0.25) is 5.91 Å². The monoisotopic (exact) mass is 321 g/mol. The summed E-state index contributed by atoms with van der Waals surface area (Å²) >= 11 is 5.90. The van der Waals surface area contributed by atoms with Crippen molar-refractivity contribution in [3.05, 3.63) is 34.9 Å². The van der Waals surface area contributed by atoms with Crippen LogP contribution in [0.5, 0.6) is 0 Å². The van der Waals surface area contributed by atoms with Crippen molar-refractivity contribution in [2.24, 2.45) is 0 Å². The highest BCUT2D eigenvalue weighted by Crippen LogP contribution is 2.33. The van der Waals surface area contributed by atoms with E-state index in [1.54, 1.807) is 4.90 Å². The van der Waals surface area contributed by atoms with Crippen molar-refractivity contribution in [1.29, 1.82) is 0 Å². The molecule has 3 rings (SSSR count). The van der Waals surface area contributed by atoms with Gasteiger partial charge in [-0.05, 0) is 43.4 Å². The first-order valence-corrected chi connectivity index (χ1v) is 8.13. The summed E-state index contributed by atoms with van der Waals surface area (Å²) in [6, 6.07) is 7.07. The average Bonchev–Trinajstić information content (AvgIpc) is 2.65. The molecule has 0 aromatic heterocycles. The van der Waals surface area contributed by atoms with Gasteiger partial charge in [-0.15, -0.1) is 0 Å². The molecule has 118 valence electrons. The second-order valence-electron chi connectivity index (χ2n) is 5.84. The van der Waals surface area contributed by atoms with E-state index in [2.05, 4.69) is 10.6 Å². The molecule has 1 aromatic carbocycles. The fourth-order valence-corrected chi connectivity index (χ4v) is 3.10. The Balaban J connectivity index is 1.62. The third-order valence-corrected chi connectivity index (χ3v) is 4.62. The Kier molecular flexibility index (Phi) is 4.52. The summed E-state index contributed by atoms with van der Waals surface area (Å²) in [7, 11) is 0. The maximum Gasteiger partial charge on any atom is 0.318 e. The van der Waals surface area contributed by atoms with E-state index in [1.807, 2.05) is 24.3 Å². The van der Waals surface area contributed by atoms with Crippen LogP contribution in [0.2, 0.25) is 5.02 Å². The summed E-state index contributed by atoms with van der Waals surface area (Å²) in [4.78, 5) is 26.1. The van der Waals surface area contributed by atoms with Crippen LogP contribution in [0.1, 0.15) is 37.3 Å². The lowest BCUT2D eigenvalue weighted by atomic mass is 9.95. The standard InChI is InChI=1S/C16H20ClN3O2/c17-12-6-4-11(5-7-12)14-8-10-20(14)16(22)19-13-3-1-2-9-18-15(13)21/h4-7,13-14H,1-3,8-10H2,(H,18,21)(H,19,22). The number of nitrogens with zero attached hydrogens (tertiary/aromatic N) is 1. The number of likely N-dealkylation sites (tertiary alicyclic amines) is 1. The summed E-state index contributed by atoms with van der Waals surface area (Å²) in [5, 5.41) is 6.40. The normalized spacial score (nSPS) is 25.0. The minimum atomic E-state index is -0.415. The van der Waals surface area contributed by atoms with Crippen molar-refractivity contribution in [1.82, 2.24) is 15.5 Å². The van der Waals surface area contributed by atoms with Gasteiger partial charge < -0.3 is 15.5 Å². The Bertz CT molecular complexity index is 561. The molecule has 2 aliphatic heterocycles. The van der Waals surface area contributed by atoms with Crippen molar-refractivity contribution in [2.75, 3.05) is 13.1 Å². The third-order valence-electron chi connectivity index (χ3n) is 4.37. The molecule has 2 unspecified atom stereocenters. The van der Waals surface area contributed by atoms with Crippen LogP contribution in [0.25, 0.3) is 0 Å². The predicted molar refractivity (Wildman–Crippen MR) is 84.7 cm³/mol. The molecular formula is C16H20ClN3O2. The first kappa shape index (κ1) is 15.2. The van der Waals surface area contributed by atoms with Crippen molar-refractivity contribution >= 4 is 23.5 Å². The van der Waals surface area contributed by atoms with Gasteiger partial charge in [-0.3, -0.25) is 4.79 Å². The minimum Gasteiger partial charge on any atom is -0.354 e. The van der Waals surface area contributed by atoms with Gasteiger partial charge in [0.1, 0.15) is 6.04 Å². The van der Waals surface area contributed by atoms with Crippen LogP contribution >= 0.6 is 11.6 Å². The molecule has 2 fully saturated rings. The Morgan fingerprint density at radius 3 is 2.68 bits per heavy atom. The molecule has 5 nitrogen and oxygen atoms in total. The molecule has 2 heterocycles. The van der Waals surface area contributed by atoms with Crippen LogP contribution in [0, 0.1) is 0 Å². The fraction of sp³-hybridized carbons (Fsp3) is 0.500. The van der Waals surface area contributed by atoms with Crippen molar-refractivity contribution in [2.45, 2.75) is 37.8 Å². The highest BCUT2D eigenvalue weighted by molar-refractivity contribution is 6.30. The van der Waals surface area contributed by atoms with E-state index in [0.717, 1.165) is 24.8 Å². The molecule has 2 aliphatic rings. The highest BCUT2D eigenvalue weighted by atomic mass is 35.5. The topological polar surface area (TPSA) is 61.4 Å². The zero-order valence-electron chi connectivity index (χ0n) is 12.3. The number of hydrogen-bond acceptors (Lipinski definition) is 2. The number of urea groups is 1. The molecule has 0 saturated carbocycles. The Morgan fingerprint density at radius 1 is 1.23 bits per heavy atom. The van der Waals surface area contributed by atoms with Gasteiger partial charge in [0.05, 0.1) is 6.04 Å². The van der Waals surface area contributed by atoms with E-state index < -0.39 is 6.04 Å². The molecule has 0 aliphatic carbocycles. The van der Waals surface area contributed by atoms with Crippen LogP contribution in [-0.2, 0) is 4.79 Å². The van der Waals surface area contributed by atoms with Crippen LogP contribution in [0.3, 0.4) is 0 Å². The number of nitrogens with one attached hydrogen (secondary N) is 2. The molecule has 0 bridgehead atoms. The van der Waals surface area contributed by atoms with Gasteiger partial charge in [0, 0.05) is 18.1 Å². The highest BCUT2D eigenvalue weighted by Gasteiger charge is 2.35. The largest absolute Gasteiger partial charge is 0.354 e. The molecule has 6 heteroatoms. The summed E-state index contributed by atoms with van der Waals surface area (Å²) in [6.07, 6.45) is 3.56. The smallest absolute Gasteiger partial charge is 0.318 e. The Labute approximate surface area is 135 Å². The number of halogens is 1. The lowest BCUT2D eigenvalue weighted by Crippen LogP contribution is -2.55. The Morgan fingerprint density at radius 2 is 2.00 bits per heavy atom. The van der Waals surface area contributed by atoms with E-state index in [0.29, 0.717) is 24.5 Å². The number of hydrogen-bond donors (Lipinski definition) is 2. The van der Waals surface area contributed by atoms with Gasteiger partial charge in [-0.1, -0.05) is 23.7 Å². The summed E-state index contributed by atoms with van der Waals surface area (Å²) in [6.45, 7) is 1.41. The van der Waals surface area contributed by atoms with Gasteiger partial charge in [-0.25, -0.2) is 4.79 Å². The van der Waals surface area contributed by atoms with Gasteiger partial charge in [-0.2, -0.15) is 0 Å². The molecule has 2 atom stereocenters. The van der Waals surface area contributed by atoms with Crippen LogP contribution in [0.15, 0.2) is 24.3 Å². The minimum absolute atomic E-state index is 0.0746. The van der Waals surface area contributed by atoms with Crippen LogP contribution < -0.4 is 10.6 Å². The van der Waals surface area contributed by atoms with Crippen LogP contribution in [-0.4, -0.2) is 36.0 Å². The quantitative estimate of drug-likeness (QED) is 0.879. The van der Waals surface area contributed by atoms with E-state index in [-0.39, 0.29) is 18.0 Å². The Hall–Kier alpha value is -1.75.